The van der Waals surface area contributed by atoms with Gasteiger partial charge in [0.1, 0.15) is 0 Å². The van der Waals surface area contributed by atoms with E-state index in [2.05, 4.69) is 132 Å². The molecule has 4 aromatic carbocycles. The van der Waals surface area contributed by atoms with Crippen LogP contribution in [0, 0.1) is 39.5 Å². The van der Waals surface area contributed by atoms with Crippen LogP contribution in [-0.4, -0.2) is 18.2 Å². The van der Waals surface area contributed by atoms with Crippen molar-refractivity contribution in [3.05, 3.63) is 113 Å². The van der Waals surface area contributed by atoms with Gasteiger partial charge in [0.05, 0.1) is 5.69 Å². The topological polar surface area (TPSA) is 25.2 Å². The van der Waals surface area contributed by atoms with Crippen molar-refractivity contribution in [1.82, 2.24) is 4.98 Å². The molecule has 0 bridgehead atoms. The molecule has 1 aromatic heterocycles. The molecular weight excluding hydrogens is 484 g/mol. The van der Waals surface area contributed by atoms with Crippen molar-refractivity contribution in [1.29, 1.82) is 0 Å². The first-order valence-corrected chi connectivity index (χ1v) is 14.4. The average molecular weight is 525 g/mol. The second-order valence-electron chi connectivity index (χ2n) is 11.3. The molecule has 1 heterocycles. The summed E-state index contributed by atoms with van der Waals surface area (Å²) in [5.74, 6) is 0.985. The zero-order valence-electron chi connectivity index (χ0n) is 24.9. The minimum atomic E-state index is 0.453. The third-order valence-corrected chi connectivity index (χ3v) is 8.92. The van der Waals surface area contributed by atoms with Crippen molar-refractivity contribution in [2.45, 2.75) is 48.0 Å². The number of pyridine rings is 1. The Balaban J connectivity index is 1.56. The number of aromatic nitrogens is 1. The first-order chi connectivity index (χ1) is 19.3. The minimum Gasteiger partial charge on any atom is -0.301 e. The number of aliphatic imine (C=N–C) groups is 1. The quantitative estimate of drug-likeness (QED) is 0.194. The molecule has 0 spiro atoms. The van der Waals surface area contributed by atoms with E-state index >= 15 is 0 Å². The van der Waals surface area contributed by atoms with Gasteiger partial charge in [-0.3, -0.25) is 4.98 Å². The number of benzene rings is 4. The molecule has 0 amide bonds. The Morgan fingerprint density at radius 2 is 1.32 bits per heavy atom. The first-order valence-electron chi connectivity index (χ1n) is 14.4. The minimum absolute atomic E-state index is 0.453. The van der Waals surface area contributed by atoms with E-state index < -0.39 is 0 Å². The lowest BCUT2D eigenvalue weighted by atomic mass is 9.80. The number of fused-ring (bicyclic) bond motifs is 1. The lowest BCUT2D eigenvalue weighted by Gasteiger charge is -2.25. The summed E-state index contributed by atoms with van der Waals surface area (Å²) in [4.78, 5) is 9.23. The Hall–Kier alpha value is -4.04. The lowest BCUT2D eigenvalue weighted by Crippen LogP contribution is -2.15. The zero-order chi connectivity index (χ0) is 28.4. The molecule has 0 saturated heterocycles. The van der Waals surface area contributed by atoms with E-state index in [1.807, 2.05) is 13.2 Å². The van der Waals surface area contributed by atoms with Gasteiger partial charge in [-0.15, -0.1) is 0 Å². The lowest BCUT2D eigenvalue weighted by molar-refractivity contribution is 0.486. The highest BCUT2D eigenvalue weighted by atomic mass is 14.7. The van der Waals surface area contributed by atoms with E-state index in [1.54, 1.807) is 0 Å². The van der Waals surface area contributed by atoms with Crippen LogP contribution < -0.4 is 0 Å². The predicted octanol–water partition coefficient (Wildman–Crippen LogP) is 9.98. The number of rotatable bonds is 7. The molecule has 202 valence electrons. The van der Waals surface area contributed by atoms with Crippen LogP contribution in [0.5, 0.6) is 0 Å². The van der Waals surface area contributed by atoms with Gasteiger partial charge in [-0.25, -0.2) is 0 Å². The number of hydrogen-bond donors (Lipinski definition) is 0. The molecule has 0 aliphatic heterocycles. The highest BCUT2D eigenvalue weighted by Gasteiger charge is 2.21. The first kappa shape index (κ1) is 27.5. The van der Waals surface area contributed by atoms with E-state index in [-0.39, 0.29) is 0 Å². The van der Waals surface area contributed by atoms with Gasteiger partial charge in [-0.05, 0) is 107 Å². The van der Waals surface area contributed by atoms with Crippen LogP contribution in [0.4, 0.5) is 0 Å². The Labute approximate surface area is 239 Å². The van der Waals surface area contributed by atoms with Crippen molar-refractivity contribution in [3.63, 3.8) is 0 Å². The van der Waals surface area contributed by atoms with Gasteiger partial charge in [0, 0.05) is 30.6 Å². The fraction of sp³-hybridized carbons (Fsp3) is 0.263. The van der Waals surface area contributed by atoms with Crippen LogP contribution in [0.3, 0.4) is 0 Å². The third-order valence-electron chi connectivity index (χ3n) is 8.92. The fourth-order valence-corrected chi connectivity index (χ4v) is 6.10. The monoisotopic (exact) mass is 524 g/mol. The summed E-state index contributed by atoms with van der Waals surface area (Å²) in [5.41, 5.74) is 14.2. The molecule has 0 saturated carbocycles. The molecule has 40 heavy (non-hydrogen) atoms. The summed E-state index contributed by atoms with van der Waals surface area (Å²) in [5, 5.41) is 2.47. The van der Waals surface area contributed by atoms with Crippen LogP contribution in [-0.2, 0) is 6.42 Å². The van der Waals surface area contributed by atoms with Crippen LogP contribution in [0.1, 0.15) is 41.7 Å². The second kappa shape index (κ2) is 11.6. The summed E-state index contributed by atoms with van der Waals surface area (Å²) in [6.07, 6.45) is 5.18. The fourth-order valence-electron chi connectivity index (χ4n) is 6.10. The molecule has 5 rings (SSSR count). The Morgan fingerprint density at radius 3 is 2.00 bits per heavy atom. The summed E-state index contributed by atoms with van der Waals surface area (Å²) in [7, 11) is 1.87. The largest absolute Gasteiger partial charge is 0.301 e. The summed E-state index contributed by atoms with van der Waals surface area (Å²) in [6, 6.07) is 28.1. The van der Waals surface area contributed by atoms with Crippen LogP contribution in [0.25, 0.3) is 44.3 Å². The van der Waals surface area contributed by atoms with Crippen LogP contribution in [0.2, 0.25) is 0 Å². The van der Waals surface area contributed by atoms with E-state index in [4.69, 9.17) is 4.98 Å². The normalized spacial score (nSPS) is 13.2. The highest BCUT2D eigenvalue weighted by molar-refractivity contribution is 5.96. The summed E-state index contributed by atoms with van der Waals surface area (Å²) < 4.78 is 0. The molecular formula is C38H40N2. The maximum atomic E-state index is 4.96. The molecule has 5 aromatic rings. The molecule has 2 heteroatoms. The van der Waals surface area contributed by atoms with E-state index in [0.29, 0.717) is 11.8 Å². The van der Waals surface area contributed by atoms with E-state index in [1.165, 1.54) is 60.8 Å². The van der Waals surface area contributed by atoms with Gasteiger partial charge >= 0.3 is 0 Å². The van der Waals surface area contributed by atoms with Crippen LogP contribution >= 0.6 is 0 Å². The predicted molar refractivity (Wildman–Crippen MR) is 173 cm³/mol. The van der Waals surface area contributed by atoms with Crippen molar-refractivity contribution in [2.75, 3.05) is 7.05 Å². The van der Waals surface area contributed by atoms with Gasteiger partial charge in [-0.1, -0.05) is 86.6 Å². The van der Waals surface area contributed by atoms with E-state index in [9.17, 15) is 0 Å². The van der Waals surface area contributed by atoms with Crippen molar-refractivity contribution < 1.29 is 0 Å². The van der Waals surface area contributed by atoms with Gasteiger partial charge in [0.25, 0.3) is 0 Å². The smallest absolute Gasteiger partial charge is 0.0708 e. The third kappa shape index (κ3) is 5.11. The van der Waals surface area contributed by atoms with Crippen molar-refractivity contribution >= 4 is 17.0 Å². The Morgan fingerprint density at radius 1 is 0.700 bits per heavy atom. The SMILES string of the molecule is CN=CC(C)C(C)Cc1c(C)c(C)c(-c2ccccc2-c2ccc(-c3cccc4ccccc34)nc2)c(C)c1C. The Kier molecular flexibility index (Phi) is 7.98. The zero-order valence-corrected chi connectivity index (χ0v) is 24.9. The van der Waals surface area contributed by atoms with Gasteiger partial charge < -0.3 is 4.99 Å². The standard InChI is InChI=1S/C38H40N2/c1-24(25(2)22-39-7)21-36-26(3)28(5)38(29(6)27(36)4)35-17-11-10-16-33(35)31-19-20-37(40-23-31)34-18-12-14-30-13-8-9-15-32(30)34/h8-20,22-25H,21H2,1-7H3. The van der Waals surface area contributed by atoms with Gasteiger partial charge in [0.15, 0.2) is 0 Å². The molecule has 2 unspecified atom stereocenters. The highest BCUT2D eigenvalue weighted by Crippen LogP contribution is 2.40. The van der Waals surface area contributed by atoms with Crippen molar-refractivity contribution in [2.24, 2.45) is 16.8 Å². The number of hydrogen-bond acceptors (Lipinski definition) is 2. The molecule has 2 nitrogen and oxygen atoms in total. The maximum absolute atomic E-state index is 4.96. The average Bonchev–Trinajstić information content (AvgIpc) is 2.98. The van der Waals surface area contributed by atoms with Gasteiger partial charge in [-0.2, -0.15) is 0 Å². The molecule has 0 aliphatic carbocycles. The number of nitrogens with zero attached hydrogens (tertiary/aromatic N) is 2. The second-order valence-corrected chi connectivity index (χ2v) is 11.3. The summed E-state index contributed by atoms with van der Waals surface area (Å²) in [6.45, 7) is 13.8. The van der Waals surface area contributed by atoms with Crippen molar-refractivity contribution in [3.8, 4) is 33.5 Å². The molecule has 0 fully saturated rings. The Bertz CT molecular complexity index is 1660. The van der Waals surface area contributed by atoms with Crippen LogP contribution in [0.15, 0.2) is 90.1 Å². The van der Waals surface area contributed by atoms with Gasteiger partial charge in [0.2, 0.25) is 0 Å². The summed E-state index contributed by atoms with van der Waals surface area (Å²) >= 11 is 0. The van der Waals surface area contributed by atoms with E-state index in [0.717, 1.165) is 17.7 Å². The molecule has 0 radical (unpaired) electrons. The molecule has 0 aliphatic rings. The molecule has 2 atom stereocenters. The molecule has 0 N–H and O–H groups in total. The maximum Gasteiger partial charge on any atom is 0.0708 e.